The van der Waals surface area contributed by atoms with Crippen molar-refractivity contribution < 1.29 is 14.7 Å². The third-order valence-corrected chi connectivity index (χ3v) is 4.25. The molecule has 0 fully saturated rings. The zero-order valence-electron chi connectivity index (χ0n) is 12.8. The Labute approximate surface area is 135 Å². The Bertz CT molecular complexity index is 725. The number of hydrogen-bond donors (Lipinski definition) is 2. The second-order valence-corrected chi connectivity index (χ2v) is 5.87. The molecule has 2 N–H and O–H groups in total. The number of hydrogen-bond acceptors (Lipinski definition) is 2. The average molecular weight is 309 g/mol. The molecule has 1 atom stereocenters. The van der Waals surface area contributed by atoms with Gasteiger partial charge in [0.15, 0.2) is 0 Å². The molecule has 0 aliphatic heterocycles. The summed E-state index contributed by atoms with van der Waals surface area (Å²) < 4.78 is 0. The minimum atomic E-state index is -0.937. The monoisotopic (exact) mass is 309 g/mol. The molecule has 1 unspecified atom stereocenters. The molecule has 118 valence electrons. The molecule has 4 heteroatoms. The van der Waals surface area contributed by atoms with Crippen LogP contribution in [-0.4, -0.2) is 17.0 Å². The highest BCUT2D eigenvalue weighted by Gasteiger charge is 2.20. The van der Waals surface area contributed by atoms with E-state index in [-0.39, 0.29) is 12.3 Å². The van der Waals surface area contributed by atoms with Gasteiger partial charge in [-0.1, -0.05) is 36.4 Å². The molecular formula is C19H19NO3. The molecule has 0 saturated heterocycles. The lowest BCUT2D eigenvalue weighted by atomic mass is 10.0. The van der Waals surface area contributed by atoms with Gasteiger partial charge in [-0.25, -0.2) is 0 Å². The van der Waals surface area contributed by atoms with Gasteiger partial charge in [-0.05, 0) is 48.1 Å². The lowest BCUT2D eigenvalue weighted by Crippen LogP contribution is -2.30. The number of carbonyl (C=O) groups is 2. The van der Waals surface area contributed by atoms with Crippen molar-refractivity contribution in [2.75, 3.05) is 0 Å². The zero-order chi connectivity index (χ0) is 16.2. The number of carbonyl (C=O) groups excluding carboxylic acids is 1. The molecule has 0 aromatic heterocycles. The van der Waals surface area contributed by atoms with Crippen LogP contribution >= 0.6 is 0 Å². The number of fused-ring (bicyclic) bond motifs is 1. The molecule has 3 rings (SSSR count). The van der Waals surface area contributed by atoms with Gasteiger partial charge in [-0.3, -0.25) is 9.59 Å². The number of amides is 1. The van der Waals surface area contributed by atoms with Crippen LogP contribution in [0.1, 0.15) is 45.9 Å². The van der Waals surface area contributed by atoms with E-state index >= 15 is 0 Å². The van der Waals surface area contributed by atoms with Crippen molar-refractivity contribution in [2.45, 2.75) is 31.7 Å². The Morgan fingerprint density at radius 2 is 1.78 bits per heavy atom. The van der Waals surface area contributed by atoms with Crippen LogP contribution in [0.15, 0.2) is 48.5 Å². The number of aryl methyl sites for hydroxylation is 2. The van der Waals surface area contributed by atoms with Crippen LogP contribution in [0, 0.1) is 0 Å². The van der Waals surface area contributed by atoms with E-state index in [1.165, 1.54) is 11.1 Å². The fourth-order valence-electron chi connectivity index (χ4n) is 3.07. The third kappa shape index (κ3) is 3.59. The number of nitrogens with one attached hydrogen (secondary N) is 1. The minimum absolute atomic E-state index is 0.138. The highest BCUT2D eigenvalue weighted by molar-refractivity contribution is 5.95. The average Bonchev–Trinajstić information content (AvgIpc) is 3.02. The van der Waals surface area contributed by atoms with E-state index in [9.17, 15) is 9.59 Å². The molecule has 2 aromatic rings. The first-order valence-corrected chi connectivity index (χ1v) is 7.83. The van der Waals surface area contributed by atoms with Gasteiger partial charge in [0, 0.05) is 5.56 Å². The van der Waals surface area contributed by atoms with E-state index < -0.39 is 12.0 Å². The largest absolute Gasteiger partial charge is 0.481 e. The van der Waals surface area contributed by atoms with Crippen LogP contribution in [-0.2, 0) is 17.6 Å². The number of carboxylic acid groups (broad SMARTS) is 1. The van der Waals surface area contributed by atoms with Gasteiger partial charge in [-0.15, -0.1) is 0 Å². The van der Waals surface area contributed by atoms with E-state index in [0.29, 0.717) is 5.56 Å². The molecule has 0 saturated carbocycles. The Morgan fingerprint density at radius 1 is 1.04 bits per heavy atom. The normalized spacial score (nSPS) is 14.1. The maximum atomic E-state index is 12.5. The van der Waals surface area contributed by atoms with Crippen LogP contribution in [0.4, 0.5) is 0 Å². The van der Waals surface area contributed by atoms with E-state index in [2.05, 4.69) is 5.32 Å². The number of aliphatic carboxylic acids is 1. The molecule has 0 heterocycles. The molecule has 1 aliphatic carbocycles. The predicted octanol–water partition coefficient (Wildman–Crippen LogP) is 3.12. The van der Waals surface area contributed by atoms with Crippen LogP contribution in [0.25, 0.3) is 0 Å². The Hall–Kier alpha value is -2.62. The highest BCUT2D eigenvalue weighted by atomic mass is 16.4. The van der Waals surface area contributed by atoms with Crippen LogP contribution in [0.2, 0.25) is 0 Å². The molecule has 23 heavy (non-hydrogen) atoms. The van der Waals surface area contributed by atoms with Gasteiger partial charge in [0.1, 0.15) is 0 Å². The SMILES string of the molecule is O=C(O)CC(NC(=O)c1ccc2c(c1)CCC2)c1ccccc1. The number of carboxylic acids is 1. The van der Waals surface area contributed by atoms with Crippen molar-refractivity contribution in [3.05, 3.63) is 70.8 Å². The summed E-state index contributed by atoms with van der Waals surface area (Å²) >= 11 is 0. The summed E-state index contributed by atoms with van der Waals surface area (Å²) in [6, 6.07) is 14.4. The van der Waals surface area contributed by atoms with E-state index in [4.69, 9.17) is 5.11 Å². The van der Waals surface area contributed by atoms with Crippen LogP contribution in [0.3, 0.4) is 0 Å². The maximum Gasteiger partial charge on any atom is 0.305 e. The van der Waals surface area contributed by atoms with Gasteiger partial charge in [-0.2, -0.15) is 0 Å². The van der Waals surface area contributed by atoms with Gasteiger partial charge in [0.05, 0.1) is 12.5 Å². The summed E-state index contributed by atoms with van der Waals surface area (Å²) in [5.41, 5.74) is 3.93. The van der Waals surface area contributed by atoms with Crippen molar-refractivity contribution in [1.82, 2.24) is 5.32 Å². The van der Waals surface area contributed by atoms with Gasteiger partial charge >= 0.3 is 5.97 Å². The van der Waals surface area contributed by atoms with Crippen molar-refractivity contribution in [2.24, 2.45) is 0 Å². The molecule has 0 bridgehead atoms. The first-order valence-electron chi connectivity index (χ1n) is 7.83. The molecule has 0 radical (unpaired) electrons. The second-order valence-electron chi connectivity index (χ2n) is 5.87. The van der Waals surface area contributed by atoms with E-state index in [1.807, 2.05) is 48.5 Å². The summed E-state index contributed by atoms with van der Waals surface area (Å²) in [6.45, 7) is 0. The van der Waals surface area contributed by atoms with Gasteiger partial charge < -0.3 is 10.4 Å². The lowest BCUT2D eigenvalue weighted by molar-refractivity contribution is -0.137. The Morgan fingerprint density at radius 3 is 2.52 bits per heavy atom. The number of benzene rings is 2. The van der Waals surface area contributed by atoms with Crippen LogP contribution in [0.5, 0.6) is 0 Å². The summed E-state index contributed by atoms with van der Waals surface area (Å²) in [5, 5.41) is 12.0. The van der Waals surface area contributed by atoms with Crippen molar-refractivity contribution in [3.63, 3.8) is 0 Å². The maximum absolute atomic E-state index is 12.5. The van der Waals surface area contributed by atoms with Crippen molar-refractivity contribution in [1.29, 1.82) is 0 Å². The van der Waals surface area contributed by atoms with Gasteiger partial charge in [0.2, 0.25) is 0 Å². The fourth-order valence-corrected chi connectivity index (χ4v) is 3.07. The molecule has 2 aromatic carbocycles. The summed E-state index contributed by atoms with van der Waals surface area (Å²) in [5.74, 6) is -1.16. The Kier molecular flexibility index (Phi) is 4.42. The highest BCUT2D eigenvalue weighted by Crippen LogP contribution is 2.23. The summed E-state index contributed by atoms with van der Waals surface area (Å²) in [6.07, 6.45) is 3.07. The summed E-state index contributed by atoms with van der Waals surface area (Å²) in [4.78, 5) is 23.6. The standard InChI is InChI=1S/C19H19NO3/c21-18(22)12-17(14-5-2-1-3-6-14)20-19(23)16-10-9-13-7-4-8-15(13)11-16/h1-3,5-6,9-11,17H,4,7-8,12H2,(H,20,23)(H,21,22). The van der Waals surface area contributed by atoms with Gasteiger partial charge in [0.25, 0.3) is 5.91 Å². The predicted molar refractivity (Wildman–Crippen MR) is 87.4 cm³/mol. The minimum Gasteiger partial charge on any atom is -0.481 e. The zero-order valence-corrected chi connectivity index (χ0v) is 12.8. The van der Waals surface area contributed by atoms with Crippen molar-refractivity contribution >= 4 is 11.9 Å². The van der Waals surface area contributed by atoms with E-state index in [1.54, 1.807) is 0 Å². The quantitative estimate of drug-likeness (QED) is 0.892. The van der Waals surface area contributed by atoms with E-state index in [0.717, 1.165) is 24.8 Å². The van der Waals surface area contributed by atoms with Crippen molar-refractivity contribution in [3.8, 4) is 0 Å². The number of rotatable bonds is 5. The first kappa shape index (κ1) is 15.3. The smallest absolute Gasteiger partial charge is 0.305 e. The van der Waals surface area contributed by atoms with Crippen LogP contribution < -0.4 is 5.32 Å². The topological polar surface area (TPSA) is 66.4 Å². The fraction of sp³-hybridized carbons (Fsp3) is 0.263. The molecule has 4 nitrogen and oxygen atoms in total. The lowest BCUT2D eigenvalue weighted by Gasteiger charge is -2.18. The first-order chi connectivity index (χ1) is 11.1. The summed E-state index contributed by atoms with van der Waals surface area (Å²) in [7, 11) is 0. The molecule has 1 amide bonds. The third-order valence-electron chi connectivity index (χ3n) is 4.25. The second kappa shape index (κ2) is 6.65. The Balaban J connectivity index is 1.79. The molecule has 0 spiro atoms. The molecule has 1 aliphatic rings. The molecular weight excluding hydrogens is 290 g/mol.